The van der Waals surface area contributed by atoms with Crippen LogP contribution in [-0.2, 0) is 9.47 Å². The van der Waals surface area contributed by atoms with Crippen LogP contribution in [0.3, 0.4) is 0 Å². The fourth-order valence-corrected chi connectivity index (χ4v) is 5.67. The van der Waals surface area contributed by atoms with Gasteiger partial charge >= 0.3 is 0 Å². The van der Waals surface area contributed by atoms with Gasteiger partial charge in [-0.25, -0.2) is 22.8 Å². The van der Waals surface area contributed by atoms with Gasteiger partial charge in [0.05, 0.1) is 28.7 Å². The van der Waals surface area contributed by atoms with Crippen LogP contribution in [0, 0.1) is 24.4 Å². The molecule has 3 aromatic heterocycles. The van der Waals surface area contributed by atoms with Gasteiger partial charge in [0.1, 0.15) is 36.3 Å². The predicted octanol–water partition coefficient (Wildman–Crippen LogP) is 4.22. The molecule has 4 aromatic rings. The first kappa shape index (κ1) is 28.7. The molecule has 1 saturated heterocycles. The van der Waals surface area contributed by atoms with Gasteiger partial charge in [-0.15, -0.1) is 0 Å². The van der Waals surface area contributed by atoms with E-state index in [4.69, 9.17) is 21.1 Å². The summed E-state index contributed by atoms with van der Waals surface area (Å²) in [5, 5.41) is 31.9. The number of halogens is 4. The van der Waals surface area contributed by atoms with Gasteiger partial charge in [-0.1, -0.05) is 11.6 Å². The van der Waals surface area contributed by atoms with E-state index in [0.717, 1.165) is 30.7 Å². The van der Waals surface area contributed by atoms with E-state index in [9.17, 15) is 23.4 Å². The maximum absolute atomic E-state index is 14.0. The fraction of sp³-hybridized carbons (Fsp3) is 0.429. The molecule has 0 spiro atoms. The molecular weight excluding hydrogens is 577 g/mol. The lowest BCUT2D eigenvalue weighted by atomic mass is 9.89. The highest BCUT2D eigenvalue weighted by molar-refractivity contribution is 6.30. The molecule has 42 heavy (non-hydrogen) atoms. The molecule has 14 heteroatoms. The van der Waals surface area contributed by atoms with Gasteiger partial charge in [0.15, 0.2) is 23.3 Å². The molecular formula is C28H28ClF3N6O4. The zero-order valence-corrected chi connectivity index (χ0v) is 23.6. The van der Waals surface area contributed by atoms with E-state index < -0.39 is 54.0 Å². The van der Waals surface area contributed by atoms with Crippen LogP contribution in [0.15, 0.2) is 36.8 Å². The lowest BCUT2D eigenvalue weighted by Gasteiger charge is -2.45. The Morgan fingerprint density at radius 2 is 1.83 bits per heavy atom. The quantitative estimate of drug-likeness (QED) is 0.301. The Hall–Kier alpha value is -3.36. The first-order chi connectivity index (χ1) is 20.1. The Bertz CT molecular complexity index is 1600. The van der Waals surface area contributed by atoms with Gasteiger partial charge in [-0.2, -0.15) is 10.2 Å². The maximum Gasteiger partial charge on any atom is 0.194 e. The number of nitrogens with zero attached hydrogens (tertiary/aromatic N) is 6. The number of aromatic nitrogens is 6. The van der Waals surface area contributed by atoms with E-state index in [-0.39, 0.29) is 22.9 Å². The molecule has 2 aliphatic rings. The van der Waals surface area contributed by atoms with E-state index in [0.29, 0.717) is 16.5 Å². The van der Waals surface area contributed by atoms with Crippen LogP contribution in [0.25, 0.3) is 16.8 Å². The Kier molecular flexibility index (Phi) is 7.56. The normalized spacial score (nSPS) is 25.1. The van der Waals surface area contributed by atoms with Gasteiger partial charge < -0.3 is 19.7 Å². The topological polar surface area (TPSA) is 120 Å². The van der Waals surface area contributed by atoms with Crippen LogP contribution in [0.5, 0.6) is 0 Å². The third kappa shape index (κ3) is 5.09. The minimum absolute atomic E-state index is 0.0493. The Balaban J connectivity index is 1.43. The van der Waals surface area contributed by atoms with E-state index in [1.807, 2.05) is 0 Å². The lowest BCUT2D eigenvalue weighted by molar-refractivity contribution is -0.230. The highest BCUT2D eigenvalue weighted by atomic mass is 35.5. The van der Waals surface area contributed by atoms with Gasteiger partial charge in [0.2, 0.25) is 0 Å². The van der Waals surface area contributed by atoms with Crippen LogP contribution in [0.2, 0.25) is 5.02 Å². The molecule has 0 radical (unpaired) electrons. The summed E-state index contributed by atoms with van der Waals surface area (Å²) in [5.74, 6) is -3.36. The number of aryl methyl sites for hydroxylation is 1. The van der Waals surface area contributed by atoms with Crippen LogP contribution in [0.4, 0.5) is 13.2 Å². The molecule has 0 amide bonds. The third-order valence-corrected chi connectivity index (χ3v) is 7.85. The second-order valence-electron chi connectivity index (χ2n) is 10.7. The molecule has 2 fully saturated rings. The number of aliphatic hydroxyl groups excluding tert-OH is 2. The molecule has 1 aliphatic heterocycles. The number of hydrogen-bond donors (Lipinski definition) is 2. The lowest BCUT2D eigenvalue weighted by Crippen LogP contribution is -2.56. The van der Waals surface area contributed by atoms with Crippen molar-refractivity contribution in [2.75, 3.05) is 7.11 Å². The SMILES string of the molecule is CO[C@H]1C(C(C)O)O[C@@H](c2nc(C)nn2-c2cc(Cl)cnc2C2CC2)C(O)C1n1cc(-c2cc(F)c(F)c(F)c2)cn1. The molecule has 1 aromatic carbocycles. The molecule has 4 unspecified atom stereocenters. The molecule has 6 atom stereocenters. The van der Waals surface area contributed by atoms with Crippen molar-refractivity contribution in [2.24, 2.45) is 0 Å². The van der Waals surface area contributed by atoms with Crippen molar-refractivity contribution in [2.45, 2.75) is 69.2 Å². The highest BCUT2D eigenvalue weighted by Crippen LogP contribution is 2.44. The average Bonchev–Trinajstić information content (AvgIpc) is 3.55. The number of pyridine rings is 1. The van der Waals surface area contributed by atoms with E-state index >= 15 is 0 Å². The predicted molar refractivity (Wildman–Crippen MR) is 144 cm³/mol. The standard InChI is InChI=1S/C28H28ClF3N6O4/c1-12(39)25-26(41-3)23(37-11-16(9-34-37)15-6-18(30)21(32)19(31)7-15)24(40)27(42-25)28-35-13(2)36-38(28)20-8-17(29)10-33-22(20)14-4-5-14/h6-12,14,23-27,39-40H,4-5H2,1-3H3/t12?,23?,24?,25?,26-,27-/m1/s1. The van der Waals surface area contributed by atoms with Gasteiger partial charge in [0, 0.05) is 31.0 Å². The summed E-state index contributed by atoms with van der Waals surface area (Å²) in [6.45, 7) is 3.23. The van der Waals surface area contributed by atoms with Crippen LogP contribution in [-0.4, -0.2) is 71.3 Å². The second-order valence-corrected chi connectivity index (χ2v) is 11.1. The number of methoxy groups -OCH3 is 1. The summed E-state index contributed by atoms with van der Waals surface area (Å²) in [6.07, 6.45) is 0.928. The van der Waals surface area contributed by atoms with Crippen LogP contribution >= 0.6 is 11.6 Å². The van der Waals surface area contributed by atoms with Gasteiger partial charge in [-0.3, -0.25) is 9.67 Å². The minimum atomic E-state index is -1.58. The van der Waals surface area contributed by atoms with Crippen molar-refractivity contribution in [3.05, 3.63) is 76.6 Å². The van der Waals surface area contributed by atoms with Crippen molar-refractivity contribution in [3.8, 4) is 16.8 Å². The summed E-state index contributed by atoms with van der Waals surface area (Å²) in [6, 6.07) is 2.49. The second kappa shape index (κ2) is 11.0. The van der Waals surface area contributed by atoms with E-state index in [2.05, 4.69) is 20.2 Å². The Labute approximate surface area is 243 Å². The van der Waals surface area contributed by atoms with Crippen molar-refractivity contribution in [1.29, 1.82) is 0 Å². The van der Waals surface area contributed by atoms with Crippen molar-refractivity contribution in [3.63, 3.8) is 0 Å². The Morgan fingerprint density at radius 3 is 2.48 bits per heavy atom. The number of rotatable bonds is 7. The third-order valence-electron chi connectivity index (χ3n) is 7.64. The fourth-order valence-electron chi connectivity index (χ4n) is 5.52. The first-order valence-corrected chi connectivity index (χ1v) is 13.8. The van der Waals surface area contributed by atoms with Gasteiger partial charge in [-0.05, 0) is 50.5 Å². The first-order valence-electron chi connectivity index (χ1n) is 13.4. The number of aliphatic hydroxyl groups is 2. The zero-order chi connectivity index (χ0) is 29.9. The summed E-state index contributed by atoms with van der Waals surface area (Å²) in [4.78, 5) is 9.13. The summed E-state index contributed by atoms with van der Waals surface area (Å²) >= 11 is 6.32. The highest BCUT2D eigenvalue weighted by Gasteiger charge is 2.51. The smallest absolute Gasteiger partial charge is 0.194 e. The number of ether oxygens (including phenoxy) is 2. The van der Waals surface area contributed by atoms with Crippen molar-refractivity contribution < 1.29 is 32.9 Å². The Morgan fingerprint density at radius 1 is 1.12 bits per heavy atom. The largest absolute Gasteiger partial charge is 0.391 e. The zero-order valence-electron chi connectivity index (χ0n) is 22.8. The van der Waals surface area contributed by atoms with Gasteiger partial charge in [0.25, 0.3) is 0 Å². The van der Waals surface area contributed by atoms with E-state index in [1.165, 1.54) is 31.1 Å². The van der Waals surface area contributed by atoms with Crippen molar-refractivity contribution >= 4 is 11.6 Å². The summed E-state index contributed by atoms with van der Waals surface area (Å²) in [7, 11) is 1.41. The van der Waals surface area contributed by atoms with Crippen molar-refractivity contribution in [1.82, 2.24) is 29.5 Å². The minimum Gasteiger partial charge on any atom is -0.391 e. The monoisotopic (exact) mass is 604 g/mol. The van der Waals surface area contributed by atoms with Crippen LogP contribution in [0.1, 0.15) is 55.2 Å². The molecule has 1 aliphatic carbocycles. The molecule has 0 bridgehead atoms. The molecule has 10 nitrogen and oxygen atoms in total. The van der Waals surface area contributed by atoms with Crippen LogP contribution < -0.4 is 0 Å². The number of hydrogen-bond acceptors (Lipinski definition) is 8. The summed E-state index contributed by atoms with van der Waals surface area (Å²) in [5.41, 5.74) is 1.72. The maximum atomic E-state index is 14.0. The molecule has 1 saturated carbocycles. The molecule has 222 valence electrons. The molecule has 6 rings (SSSR count). The number of benzene rings is 1. The molecule has 4 heterocycles. The average molecular weight is 605 g/mol. The van der Waals surface area contributed by atoms with E-state index in [1.54, 1.807) is 23.9 Å². The molecule has 2 N–H and O–H groups in total. The summed E-state index contributed by atoms with van der Waals surface area (Å²) < 4.78 is 56.4.